The lowest BCUT2D eigenvalue weighted by molar-refractivity contribution is 0.575. The fraction of sp³-hybridized carbons (Fsp3) is 0.200. The van der Waals surface area contributed by atoms with Gasteiger partial charge in [0.25, 0.3) is 10.0 Å². The average molecular weight is 266 g/mol. The number of rotatable bonds is 2. The number of nitrogens with zero attached hydrogens (tertiary/aromatic N) is 3. The van der Waals surface area contributed by atoms with E-state index in [1.165, 1.54) is 16.7 Å². The Balaban J connectivity index is 2.20. The van der Waals surface area contributed by atoms with E-state index in [1.807, 2.05) is 0 Å². The number of aromatic nitrogens is 3. The molecule has 2 heterocycles. The average Bonchev–Trinajstić information content (AvgIpc) is 2.94. The Morgan fingerprint density at radius 2 is 1.94 bits per heavy atom. The van der Waals surface area contributed by atoms with E-state index in [2.05, 4.69) is 10.4 Å². The van der Waals surface area contributed by atoms with Crippen LogP contribution < -0.4 is 11.0 Å². The van der Waals surface area contributed by atoms with Crippen molar-refractivity contribution in [2.24, 2.45) is 0 Å². The first-order chi connectivity index (χ1) is 8.60. The molecule has 3 rings (SSSR count). The van der Waals surface area contributed by atoms with Gasteiger partial charge in [0, 0.05) is 13.1 Å². The van der Waals surface area contributed by atoms with Crippen LogP contribution >= 0.6 is 0 Å². The number of hydrogen-bond donors (Lipinski definition) is 1. The van der Waals surface area contributed by atoms with Gasteiger partial charge in [0.15, 0.2) is 0 Å². The molecule has 94 valence electrons. The highest BCUT2D eigenvalue weighted by molar-refractivity contribution is 7.89. The molecular formula is C10H10N4O3S. The molecule has 0 bridgehead atoms. The van der Waals surface area contributed by atoms with Crippen LogP contribution in [0.25, 0.3) is 0 Å². The van der Waals surface area contributed by atoms with Crippen molar-refractivity contribution in [3.05, 3.63) is 40.8 Å². The summed E-state index contributed by atoms with van der Waals surface area (Å²) in [5.74, 6) is 0.291. The summed E-state index contributed by atoms with van der Waals surface area (Å²) in [6.07, 6.45) is 0. The summed E-state index contributed by atoms with van der Waals surface area (Å²) in [5, 5.41) is 6.66. The number of anilines is 1. The molecule has 0 atom stereocenters. The fourth-order valence-corrected chi connectivity index (χ4v) is 3.03. The fourth-order valence-electron chi connectivity index (χ4n) is 1.84. The monoisotopic (exact) mass is 266 g/mol. The molecule has 2 aromatic rings. The normalized spacial score (nSPS) is 14.2. The van der Waals surface area contributed by atoms with Crippen LogP contribution in [0, 0.1) is 0 Å². The maximum absolute atomic E-state index is 12.2. The Bertz CT molecular complexity index is 745. The van der Waals surface area contributed by atoms with E-state index in [9.17, 15) is 13.2 Å². The van der Waals surface area contributed by atoms with E-state index in [0.29, 0.717) is 23.1 Å². The lowest BCUT2D eigenvalue weighted by atomic mass is 10.4. The van der Waals surface area contributed by atoms with Crippen molar-refractivity contribution in [2.45, 2.75) is 11.4 Å². The van der Waals surface area contributed by atoms with E-state index >= 15 is 0 Å². The summed E-state index contributed by atoms with van der Waals surface area (Å²) in [6.45, 7) is 1.02. The van der Waals surface area contributed by atoms with E-state index in [0.717, 1.165) is 0 Å². The van der Waals surface area contributed by atoms with E-state index in [4.69, 9.17) is 0 Å². The largest absolute Gasteiger partial charge is 0.362 e. The quantitative estimate of drug-likeness (QED) is 0.807. The van der Waals surface area contributed by atoms with Gasteiger partial charge < -0.3 is 5.32 Å². The third kappa shape index (κ3) is 1.46. The molecule has 0 fully saturated rings. The number of fused-ring (bicyclic) bond motifs is 1. The first-order valence-corrected chi connectivity index (χ1v) is 6.79. The molecule has 0 amide bonds. The molecule has 0 unspecified atom stereocenters. The molecule has 1 N–H and O–H groups in total. The van der Waals surface area contributed by atoms with Crippen LogP contribution in [0.2, 0.25) is 0 Å². The molecule has 0 saturated heterocycles. The van der Waals surface area contributed by atoms with E-state index in [1.54, 1.807) is 18.2 Å². The zero-order valence-corrected chi connectivity index (χ0v) is 10.1. The Morgan fingerprint density at radius 1 is 1.22 bits per heavy atom. The van der Waals surface area contributed by atoms with Gasteiger partial charge in [-0.1, -0.05) is 22.3 Å². The second kappa shape index (κ2) is 3.70. The second-order valence-corrected chi connectivity index (χ2v) is 5.61. The SMILES string of the molecule is O=c1n(S(=O)(=O)c2ccccc2)nc2n1CCN2. The summed E-state index contributed by atoms with van der Waals surface area (Å²) < 4.78 is 26.3. The van der Waals surface area contributed by atoms with Crippen molar-refractivity contribution in [1.82, 2.24) is 13.8 Å². The molecule has 0 aliphatic carbocycles. The standard InChI is InChI=1S/C10H10N4O3S/c15-10-13-7-6-11-9(13)12-14(10)18(16,17)8-4-2-1-3-5-8/h1-5H,6-7H2,(H,11,12). The highest BCUT2D eigenvalue weighted by Crippen LogP contribution is 2.13. The van der Waals surface area contributed by atoms with Gasteiger partial charge in [-0.05, 0) is 12.1 Å². The van der Waals surface area contributed by atoms with Gasteiger partial charge >= 0.3 is 5.69 Å². The third-order valence-corrected chi connectivity index (χ3v) is 4.28. The van der Waals surface area contributed by atoms with Gasteiger partial charge in [-0.15, -0.1) is 5.10 Å². The molecule has 0 radical (unpaired) electrons. The molecular weight excluding hydrogens is 256 g/mol. The molecule has 1 aliphatic rings. The molecule has 8 heteroatoms. The van der Waals surface area contributed by atoms with Gasteiger partial charge in [0.1, 0.15) is 0 Å². The van der Waals surface area contributed by atoms with Gasteiger partial charge in [0.2, 0.25) is 5.95 Å². The van der Waals surface area contributed by atoms with E-state index in [-0.39, 0.29) is 4.90 Å². The number of hydrogen-bond acceptors (Lipinski definition) is 5. The van der Waals surface area contributed by atoms with Gasteiger partial charge in [-0.2, -0.15) is 8.42 Å². The van der Waals surface area contributed by atoms with Crippen LogP contribution in [-0.2, 0) is 16.6 Å². The second-order valence-electron chi connectivity index (χ2n) is 3.85. The van der Waals surface area contributed by atoms with Crippen LogP contribution in [0.5, 0.6) is 0 Å². The molecule has 0 spiro atoms. The lowest BCUT2D eigenvalue weighted by Gasteiger charge is -2.02. The smallest absolute Gasteiger partial charge is 0.352 e. The summed E-state index contributed by atoms with van der Waals surface area (Å²) in [4.78, 5) is 12.0. The van der Waals surface area contributed by atoms with Gasteiger partial charge in [-0.3, -0.25) is 4.57 Å². The van der Waals surface area contributed by atoms with E-state index < -0.39 is 15.7 Å². The molecule has 18 heavy (non-hydrogen) atoms. The molecule has 1 aliphatic heterocycles. The Kier molecular flexibility index (Phi) is 2.27. The lowest BCUT2D eigenvalue weighted by Crippen LogP contribution is -2.30. The van der Waals surface area contributed by atoms with Crippen LogP contribution in [-0.4, -0.2) is 28.7 Å². The molecule has 1 aromatic carbocycles. The minimum Gasteiger partial charge on any atom is -0.352 e. The number of benzene rings is 1. The predicted molar refractivity (Wildman–Crippen MR) is 64.0 cm³/mol. The Morgan fingerprint density at radius 3 is 2.61 bits per heavy atom. The number of nitrogens with one attached hydrogen (secondary N) is 1. The minimum absolute atomic E-state index is 0.0453. The first-order valence-electron chi connectivity index (χ1n) is 5.35. The maximum Gasteiger partial charge on any atom is 0.362 e. The summed E-state index contributed by atoms with van der Waals surface area (Å²) in [7, 11) is -3.92. The van der Waals surface area contributed by atoms with Crippen molar-refractivity contribution < 1.29 is 8.42 Å². The topological polar surface area (TPSA) is 86.0 Å². The maximum atomic E-state index is 12.2. The third-order valence-electron chi connectivity index (χ3n) is 2.72. The van der Waals surface area contributed by atoms with Crippen molar-refractivity contribution in [3.8, 4) is 0 Å². The highest BCUT2D eigenvalue weighted by Gasteiger charge is 2.26. The first kappa shape index (κ1) is 11.0. The van der Waals surface area contributed by atoms with Crippen molar-refractivity contribution >= 4 is 16.0 Å². The van der Waals surface area contributed by atoms with Crippen molar-refractivity contribution in [1.29, 1.82) is 0 Å². The zero-order chi connectivity index (χ0) is 12.8. The Hall–Kier alpha value is -2.09. The van der Waals surface area contributed by atoms with Crippen molar-refractivity contribution in [3.63, 3.8) is 0 Å². The van der Waals surface area contributed by atoms with Crippen LogP contribution in [0.15, 0.2) is 40.0 Å². The highest BCUT2D eigenvalue weighted by atomic mass is 32.2. The summed E-state index contributed by atoms with van der Waals surface area (Å²) >= 11 is 0. The summed E-state index contributed by atoms with van der Waals surface area (Å²) in [6, 6.07) is 7.76. The minimum atomic E-state index is -3.92. The van der Waals surface area contributed by atoms with Crippen molar-refractivity contribution in [2.75, 3.05) is 11.9 Å². The van der Waals surface area contributed by atoms with Crippen LogP contribution in [0.4, 0.5) is 5.95 Å². The molecule has 7 nitrogen and oxygen atoms in total. The summed E-state index contributed by atoms with van der Waals surface area (Å²) in [5.41, 5.74) is -0.640. The van der Waals surface area contributed by atoms with Crippen LogP contribution in [0.1, 0.15) is 0 Å². The zero-order valence-electron chi connectivity index (χ0n) is 9.28. The van der Waals surface area contributed by atoms with Crippen LogP contribution in [0.3, 0.4) is 0 Å². The van der Waals surface area contributed by atoms with Gasteiger partial charge in [0.05, 0.1) is 4.90 Å². The Labute approximate surface area is 103 Å². The molecule has 1 aromatic heterocycles. The molecule has 0 saturated carbocycles. The van der Waals surface area contributed by atoms with Gasteiger partial charge in [-0.25, -0.2) is 4.79 Å². The predicted octanol–water partition coefficient (Wildman–Crippen LogP) is -0.293.